The monoisotopic (exact) mass is 455 g/mol. The number of nitrogens with one attached hydrogen (secondary N) is 3. The Morgan fingerprint density at radius 3 is 2.14 bits per heavy atom. The minimum Gasteiger partial charge on any atom is -0.497 e. The molecule has 0 spiro atoms. The largest absolute Gasteiger partial charge is 0.497 e. The van der Waals surface area contributed by atoms with Crippen molar-refractivity contribution in [3.8, 4) is 5.75 Å². The van der Waals surface area contributed by atoms with E-state index in [4.69, 9.17) is 17.0 Å². The number of anilines is 3. The molecule has 0 saturated carbocycles. The van der Waals surface area contributed by atoms with Crippen LogP contribution in [0, 0.1) is 0 Å². The van der Waals surface area contributed by atoms with Crippen molar-refractivity contribution in [3.05, 3.63) is 82.8 Å². The summed E-state index contributed by atoms with van der Waals surface area (Å²) in [6.07, 6.45) is 0. The Balaban J connectivity index is 1.55. The molecule has 0 saturated heterocycles. The van der Waals surface area contributed by atoms with Gasteiger partial charge in [-0.3, -0.25) is 10.1 Å². The Morgan fingerprint density at radius 2 is 1.54 bits per heavy atom. The van der Waals surface area contributed by atoms with Gasteiger partial charge in [0.1, 0.15) is 5.75 Å². The summed E-state index contributed by atoms with van der Waals surface area (Å²) in [5.74, 6) is 0.542. The molecule has 0 bridgehead atoms. The first-order valence-electron chi connectivity index (χ1n) is 8.42. The minimum atomic E-state index is -0.267. The van der Waals surface area contributed by atoms with E-state index < -0.39 is 0 Å². The molecule has 3 rings (SSSR count). The number of amides is 1. The average Bonchev–Trinajstić information content (AvgIpc) is 2.70. The standard InChI is InChI=1S/C21H18BrN3O2S/c1-27-19-11-9-17(10-12-19)23-16-5-7-18(8-6-16)24-21(28)25-20(26)14-3-2-4-15(22)13-14/h2-13,23H,1H3,(H2,24,25,26,28). The molecule has 0 aliphatic carbocycles. The van der Waals surface area contributed by atoms with Crippen LogP contribution >= 0.6 is 28.1 Å². The lowest BCUT2D eigenvalue weighted by Crippen LogP contribution is -2.34. The van der Waals surface area contributed by atoms with Gasteiger partial charge in [0.2, 0.25) is 0 Å². The van der Waals surface area contributed by atoms with Gasteiger partial charge in [0, 0.05) is 27.1 Å². The van der Waals surface area contributed by atoms with Crippen LogP contribution in [0.4, 0.5) is 17.1 Å². The number of halogens is 1. The fourth-order valence-electron chi connectivity index (χ4n) is 2.45. The second-order valence-corrected chi connectivity index (χ2v) is 7.17. The highest BCUT2D eigenvalue weighted by molar-refractivity contribution is 9.10. The van der Waals surface area contributed by atoms with E-state index in [1.807, 2.05) is 54.6 Å². The van der Waals surface area contributed by atoms with Gasteiger partial charge in [-0.2, -0.15) is 0 Å². The summed E-state index contributed by atoms with van der Waals surface area (Å²) in [5, 5.41) is 9.22. The molecular weight excluding hydrogens is 438 g/mol. The maximum absolute atomic E-state index is 12.2. The van der Waals surface area contributed by atoms with Crippen LogP contribution in [0.3, 0.4) is 0 Å². The smallest absolute Gasteiger partial charge is 0.257 e. The van der Waals surface area contributed by atoms with Gasteiger partial charge in [-0.1, -0.05) is 22.0 Å². The van der Waals surface area contributed by atoms with Crippen LogP contribution in [0.25, 0.3) is 0 Å². The van der Waals surface area contributed by atoms with E-state index >= 15 is 0 Å². The molecule has 5 nitrogen and oxygen atoms in total. The Kier molecular flexibility index (Phi) is 6.62. The number of methoxy groups -OCH3 is 1. The predicted molar refractivity (Wildman–Crippen MR) is 121 cm³/mol. The van der Waals surface area contributed by atoms with Gasteiger partial charge in [0.15, 0.2) is 5.11 Å². The van der Waals surface area contributed by atoms with Crippen molar-refractivity contribution in [1.82, 2.24) is 5.32 Å². The van der Waals surface area contributed by atoms with Crippen molar-refractivity contribution >= 4 is 56.2 Å². The zero-order valence-electron chi connectivity index (χ0n) is 15.0. The summed E-state index contributed by atoms with van der Waals surface area (Å²) in [4.78, 5) is 12.2. The third-order valence-electron chi connectivity index (χ3n) is 3.84. The molecule has 3 aromatic carbocycles. The van der Waals surface area contributed by atoms with Crippen molar-refractivity contribution in [2.45, 2.75) is 0 Å². The Labute approximate surface area is 177 Å². The Hall–Kier alpha value is -2.90. The quantitative estimate of drug-likeness (QED) is 0.453. The number of rotatable bonds is 5. The number of benzene rings is 3. The molecule has 0 aliphatic rings. The van der Waals surface area contributed by atoms with E-state index in [1.54, 1.807) is 25.3 Å². The van der Waals surface area contributed by atoms with Crippen LogP contribution in [0.15, 0.2) is 77.3 Å². The van der Waals surface area contributed by atoms with Gasteiger partial charge in [0.05, 0.1) is 7.11 Å². The summed E-state index contributed by atoms with van der Waals surface area (Å²) in [6.45, 7) is 0. The van der Waals surface area contributed by atoms with E-state index in [0.717, 1.165) is 27.3 Å². The summed E-state index contributed by atoms with van der Waals surface area (Å²) >= 11 is 8.57. The van der Waals surface area contributed by atoms with Gasteiger partial charge in [0.25, 0.3) is 5.91 Å². The molecule has 0 fully saturated rings. The highest BCUT2D eigenvalue weighted by Crippen LogP contribution is 2.21. The first-order chi connectivity index (χ1) is 13.5. The highest BCUT2D eigenvalue weighted by atomic mass is 79.9. The van der Waals surface area contributed by atoms with Gasteiger partial charge in [-0.15, -0.1) is 0 Å². The zero-order chi connectivity index (χ0) is 19.9. The van der Waals surface area contributed by atoms with Crippen LogP contribution in [0.5, 0.6) is 5.75 Å². The van der Waals surface area contributed by atoms with Crippen molar-refractivity contribution in [2.75, 3.05) is 17.7 Å². The van der Waals surface area contributed by atoms with E-state index in [0.29, 0.717) is 5.56 Å². The topological polar surface area (TPSA) is 62.4 Å². The van der Waals surface area contributed by atoms with Gasteiger partial charge in [-0.25, -0.2) is 0 Å². The number of ether oxygens (including phenoxy) is 1. The van der Waals surface area contributed by atoms with Crippen molar-refractivity contribution < 1.29 is 9.53 Å². The number of hydrogen-bond acceptors (Lipinski definition) is 4. The fraction of sp³-hybridized carbons (Fsp3) is 0.0476. The fourth-order valence-corrected chi connectivity index (χ4v) is 3.06. The number of carbonyl (C=O) groups excluding carboxylic acids is 1. The lowest BCUT2D eigenvalue weighted by atomic mass is 10.2. The van der Waals surface area contributed by atoms with E-state index in [2.05, 4.69) is 31.9 Å². The summed E-state index contributed by atoms with van der Waals surface area (Å²) < 4.78 is 5.99. The second kappa shape index (κ2) is 9.34. The molecular formula is C21H18BrN3O2S. The third kappa shape index (κ3) is 5.55. The first-order valence-corrected chi connectivity index (χ1v) is 9.62. The molecule has 0 unspecified atom stereocenters. The van der Waals surface area contributed by atoms with Crippen LogP contribution in [0.1, 0.15) is 10.4 Å². The molecule has 0 atom stereocenters. The lowest BCUT2D eigenvalue weighted by molar-refractivity contribution is 0.0977. The molecule has 3 aromatic rings. The summed E-state index contributed by atoms with van der Waals surface area (Å²) in [7, 11) is 1.64. The Bertz CT molecular complexity index is 976. The predicted octanol–water partition coefficient (Wildman–Crippen LogP) is 5.33. The van der Waals surface area contributed by atoms with E-state index in [1.165, 1.54) is 0 Å². The molecule has 1 amide bonds. The molecule has 0 radical (unpaired) electrons. The maximum Gasteiger partial charge on any atom is 0.257 e. The van der Waals surface area contributed by atoms with Gasteiger partial charge < -0.3 is 15.4 Å². The van der Waals surface area contributed by atoms with Gasteiger partial charge >= 0.3 is 0 Å². The Morgan fingerprint density at radius 1 is 0.929 bits per heavy atom. The minimum absolute atomic E-state index is 0.237. The average molecular weight is 456 g/mol. The number of carbonyl (C=O) groups is 1. The molecule has 0 heterocycles. The van der Waals surface area contributed by atoms with Crippen LogP contribution < -0.4 is 20.7 Å². The van der Waals surface area contributed by atoms with Crippen LogP contribution in [-0.4, -0.2) is 18.1 Å². The number of thiocarbonyl (C=S) groups is 1. The summed E-state index contributed by atoms with van der Waals surface area (Å²) in [5.41, 5.74) is 3.19. The SMILES string of the molecule is COc1ccc(Nc2ccc(NC(=S)NC(=O)c3cccc(Br)c3)cc2)cc1. The summed E-state index contributed by atoms with van der Waals surface area (Å²) in [6, 6.07) is 22.4. The highest BCUT2D eigenvalue weighted by Gasteiger charge is 2.08. The molecule has 142 valence electrons. The van der Waals surface area contributed by atoms with Crippen molar-refractivity contribution in [2.24, 2.45) is 0 Å². The molecule has 0 aromatic heterocycles. The maximum atomic E-state index is 12.2. The van der Waals surface area contributed by atoms with E-state index in [9.17, 15) is 4.79 Å². The second-order valence-electron chi connectivity index (χ2n) is 5.85. The number of hydrogen-bond donors (Lipinski definition) is 3. The van der Waals surface area contributed by atoms with Crippen LogP contribution in [-0.2, 0) is 0 Å². The first kappa shape index (κ1) is 19.9. The molecule has 28 heavy (non-hydrogen) atoms. The van der Waals surface area contributed by atoms with Crippen molar-refractivity contribution in [1.29, 1.82) is 0 Å². The third-order valence-corrected chi connectivity index (χ3v) is 4.53. The normalized spacial score (nSPS) is 10.1. The molecule has 0 aliphatic heterocycles. The molecule has 3 N–H and O–H groups in total. The van der Waals surface area contributed by atoms with Crippen LogP contribution in [0.2, 0.25) is 0 Å². The van der Waals surface area contributed by atoms with Crippen molar-refractivity contribution in [3.63, 3.8) is 0 Å². The van der Waals surface area contributed by atoms with Gasteiger partial charge in [-0.05, 0) is 78.9 Å². The zero-order valence-corrected chi connectivity index (χ0v) is 17.4. The van der Waals surface area contributed by atoms with E-state index in [-0.39, 0.29) is 11.0 Å². The lowest BCUT2D eigenvalue weighted by Gasteiger charge is -2.11. The molecule has 7 heteroatoms.